The first-order chi connectivity index (χ1) is 4.61. The molecule has 54 valence electrons. The van der Waals surface area contributed by atoms with Gasteiger partial charge in [0, 0.05) is 5.41 Å². The molecular formula is C7H11N3. The molecule has 1 aromatic heterocycles. The van der Waals surface area contributed by atoms with Gasteiger partial charge in [-0.3, -0.25) is 0 Å². The SMILES string of the molecule is CC(C)(C)c1cnncn1. The molecule has 10 heavy (non-hydrogen) atoms. The normalized spacial score (nSPS) is 11.5. The minimum Gasteiger partial charge on any atom is -0.237 e. The molecule has 0 saturated heterocycles. The summed E-state index contributed by atoms with van der Waals surface area (Å²) < 4.78 is 0. The van der Waals surface area contributed by atoms with Crippen LogP contribution in [0.25, 0.3) is 0 Å². The second kappa shape index (κ2) is 2.33. The van der Waals surface area contributed by atoms with Crippen LogP contribution in [-0.4, -0.2) is 15.2 Å². The molecule has 0 aliphatic carbocycles. The molecule has 1 aromatic rings. The number of hydrogen-bond acceptors (Lipinski definition) is 3. The molecule has 0 unspecified atom stereocenters. The summed E-state index contributed by atoms with van der Waals surface area (Å²) in [6.45, 7) is 6.28. The fourth-order valence-corrected chi connectivity index (χ4v) is 0.626. The summed E-state index contributed by atoms with van der Waals surface area (Å²) in [6, 6.07) is 0. The van der Waals surface area contributed by atoms with Gasteiger partial charge in [-0.05, 0) is 0 Å². The van der Waals surface area contributed by atoms with E-state index in [-0.39, 0.29) is 5.41 Å². The van der Waals surface area contributed by atoms with Crippen molar-refractivity contribution < 1.29 is 0 Å². The van der Waals surface area contributed by atoms with E-state index in [0.29, 0.717) is 0 Å². The lowest BCUT2D eigenvalue weighted by atomic mass is 9.93. The predicted molar refractivity (Wildman–Crippen MR) is 38.5 cm³/mol. The summed E-state index contributed by atoms with van der Waals surface area (Å²) in [5.41, 5.74) is 1.05. The maximum absolute atomic E-state index is 4.08. The number of hydrogen-bond donors (Lipinski definition) is 0. The summed E-state index contributed by atoms with van der Waals surface area (Å²) in [5, 5.41) is 7.34. The molecule has 3 heteroatoms. The Balaban J connectivity index is 2.97. The quantitative estimate of drug-likeness (QED) is 0.538. The summed E-state index contributed by atoms with van der Waals surface area (Å²) in [6.07, 6.45) is 3.17. The van der Waals surface area contributed by atoms with Gasteiger partial charge in [0.1, 0.15) is 6.33 Å². The Morgan fingerprint density at radius 3 is 2.20 bits per heavy atom. The smallest absolute Gasteiger partial charge is 0.138 e. The highest BCUT2D eigenvalue weighted by molar-refractivity contribution is 5.05. The van der Waals surface area contributed by atoms with Crippen LogP contribution in [-0.2, 0) is 5.41 Å². The molecule has 1 rings (SSSR count). The lowest BCUT2D eigenvalue weighted by Gasteiger charge is -2.15. The second-order valence-electron chi connectivity index (χ2n) is 3.24. The fraction of sp³-hybridized carbons (Fsp3) is 0.571. The largest absolute Gasteiger partial charge is 0.237 e. The van der Waals surface area contributed by atoms with E-state index in [4.69, 9.17) is 0 Å². The summed E-state index contributed by atoms with van der Waals surface area (Å²) in [4.78, 5) is 4.08. The number of nitrogens with zero attached hydrogens (tertiary/aromatic N) is 3. The van der Waals surface area contributed by atoms with Gasteiger partial charge in [-0.2, -0.15) is 5.10 Å². The van der Waals surface area contributed by atoms with E-state index < -0.39 is 0 Å². The van der Waals surface area contributed by atoms with Gasteiger partial charge in [0.15, 0.2) is 0 Å². The highest BCUT2D eigenvalue weighted by Crippen LogP contribution is 2.17. The van der Waals surface area contributed by atoms with Crippen LogP contribution < -0.4 is 0 Å². The highest BCUT2D eigenvalue weighted by atomic mass is 15.1. The Morgan fingerprint density at radius 2 is 1.90 bits per heavy atom. The fourth-order valence-electron chi connectivity index (χ4n) is 0.626. The van der Waals surface area contributed by atoms with Crippen molar-refractivity contribution in [3.63, 3.8) is 0 Å². The van der Waals surface area contributed by atoms with E-state index in [2.05, 4.69) is 36.0 Å². The molecule has 0 amide bonds. The van der Waals surface area contributed by atoms with Crippen molar-refractivity contribution in [1.29, 1.82) is 0 Å². The Kier molecular flexibility index (Phi) is 1.66. The van der Waals surface area contributed by atoms with Crippen LogP contribution >= 0.6 is 0 Å². The van der Waals surface area contributed by atoms with Crippen LogP contribution in [0.3, 0.4) is 0 Å². The lowest BCUT2D eigenvalue weighted by molar-refractivity contribution is 0.560. The van der Waals surface area contributed by atoms with Crippen molar-refractivity contribution in [2.45, 2.75) is 26.2 Å². The van der Waals surface area contributed by atoms with Crippen LogP contribution in [0, 0.1) is 0 Å². The Labute approximate surface area is 60.5 Å². The molecule has 0 fully saturated rings. The standard InChI is InChI=1S/C7H11N3/c1-7(2,3)6-4-9-10-5-8-6/h4-5H,1-3H3. The zero-order valence-electron chi connectivity index (χ0n) is 6.50. The van der Waals surface area contributed by atoms with E-state index in [1.54, 1.807) is 6.20 Å². The van der Waals surface area contributed by atoms with Crippen molar-refractivity contribution in [3.05, 3.63) is 18.2 Å². The van der Waals surface area contributed by atoms with Crippen LogP contribution in [0.15, 0.2) is 12.5 Å². The van der Waals surface area contributed by atoms with Gasteiger partial charge in [-0.1, -0.05) is 20.8 Å². The van der Waals surface area contributed by atoms with Gasteiger partial charge >= 0.3 is 0 Å². The maximum atomic E-state index is 4.08. The minimum atomic E-state index is 0.0793. The van der Waals surface area contributed by atoms with Crippen LogP contribution in [0.5, 0.6) is 0 Å². The molecule has 0 atom stereocenters. The molecule has 1 heterocycles. The van der Waals surface area contributed by atoms with E-state index in [1.807, 2.05) is 0 Å². The van der Waals surface area contributed by atoms with Crippen LogP contribution in [0.1, 0.15) is 26.5 Å². The average Bonchev–Trinajstić information content (AvgIpc) is 1.88. The number of rotatable bonds is 0. The second-order valence-corrected chi connectivity index (χ2v) is 3.24. The van der Waals surface area contributed by atoms with Crippen molar-refractivity contribution in [3.8, 4) is 0 Å². The third-order valence-electron chi connectivity index (χ3n) is 1.26. The van der Waals surface area contributed by atoms with Crippen LogP contribution in [0.2, 0.25) is 0 Å². The summed E-state index contributed by atoms with van der Waals surface area (Å²) >= 11 is 0. The molecule has 0 bridgehead atoms. The van der Waals surface area contributed by atoms with E-state index in [9.17, 15) is 0 Å². The van der Waals surface area contributed by atoms with Gasteiger partial charge in [0.2, 0.25) is 0 Å². The van der Waals surface area contributed by atoms with Gasteiger partial charge in [0.25, 0.3) is 0 Å². The van der Waals surface area contributed by atoms with Crippen molar-refractivity contribution in [2.24, 2.45) is 0 Å². The number of aromatic nitrogens is 3. The topological polar surface area (TPSA) is 38.7 Å². The molecule has 0 radical (unpaired) electrons. The first-order valence-electron chi connectivity index (χ1n) is 3.24. The third-order valence-corrected chi connectivity index (χ3v) is 1.26. The zero-order valence-corrected chi connectivity index (χ0v) is 6.50. The molecule has 0 spiro atoms. The highest BCUT2D eigenvalue weighted by Gasteiger charge is 2.14. The Morgan fingerprint density at radius 1 is 1.20 bits per heavy atom. The van der Waals surface area contributed by atoms with Crippen molar-refractivity contribution in [1.82, 2.24) is 15.2 Å². The monoisotopic (exact) mass is 137 g/mol. The summed E-state index contributed by atoms with van der Waals surface area (Å²) in [7, 11) is 0. The van der Waals surface area contributed by atoms with E-state index >= 15 is 0 Å². The third kappa shape index (κ3) is 1.50. The zero-order chi connectivity index (χ0) is 7.61. The van der Waals surface area contributed by atoms with Crippen molar-refractivity contribution >= 4 is 0 Å². The van der Waals surface area contributed by atoms with Gasteiger partial charge in [0.05, 0.1) is 11.9 Å². The van der Waals surface area contributed by atoms with E-state index in [1.165, 1.54) is 6.33 Å². The molecule has 3 nitrogen and oxygen atoms in total. The average molecular weight is 137 g/mol. The lowest BCUT2D eigenvalue weighted by Crippen LogP contribution is -2.13. The maximum Gasteiger partial charge on any atom is 0.138 e. The molecular weight excluding hydrogens is 126 g/mol. The molecule has 0 aliphatic heterocycles. The molecule has 0 aromatic carbocycles. The van der Waals surface area contributed by atoms with E-state index in [0.717, 1.165) is 5.69 Å². The Bertz CT molecular complexity index is 200. The molecule has 0 saturated carbocycles. The first kappa shape index (κ1) is 7.12. The summed E-state index contributed by atoms with van der Waals surface area (Å²) in [5.74, 6) is 0. The molecule has 0 aliphatic rings. The first-order valence-corrected chi connectivity index (χ1v) is 3.24. The van der Waals surface area contributed by atoms with Crippen molar-refractivity contribution in [2.75, 3.05) is 0 Å². The van der Waals surface area contributed by atoms with Gasteiger partial charge in [-0.15, -0.1) is 5.10 Å². The minimum absolute atomic E-state index is 0.0793. The Hall–Kier alpha value is -0.990. The van der Waals surface area contributed by atoms with Gasteiger partial charge in [-0.25, -0.2) is 4.98 Å². The predicted octanol–water partition coefficient (Wildman–Crippen LogP) is 1.17. The van der Waals surface area contributed by atoms with Crippen LogP contribution in [0.4, 0.5) is 0 Å². The molecule has 0 N–H and O–H groups in total. The van der Waals surface area contributed by atoms with Gasteiger partial charge < -0.3 is 0 Å².